The Balaban J connectivity index is 2.67. The molecule has 21 heavy (non-hydrogen) atoms. The molecule has 0 radical (unpaired) electrons. The summed E-state index contributed by atoms with van der Waals surface area (Å²) in [6.45, 7) is 1.19. The van der Waals surface area contributed by atoms with E-state index in [2.05, 4.69) is 4.74 Å². The molecule has 1 rings (SSSR count). The lowest BCUT2D eigenvalue weighted by Gasteiger charge is -2.16. The van der Waals surface area contributed by atoms with Crippen molar-refractivity contribution in [1.29, 1.82) is 0 Å². The molecule has 4 nitrogen and oxygen atoms in total. The van der Waals surface area contributed by atoms with E-state index >= 15 is 0 Å². The van der Waals surface area contributed by atoms with Crippen molar-refractivity contribution >= 4 is 0 Å². The Morgan fingerprint density at radius 3 is 2.52 bits per heavy atom. The van der Waals surface area contributed by atoms with Crippen LogP contribution in [0.25, 0.3) is 0 Å². The zero-order chi connectivity index (χ0) is 15.9. The highest BCUT2D eigenvalue weighted by Gasteiger charge is 2.28. The predicted octanol–water partition coefficient (Wildman–Crippen LogP) is 2.89. The van der Waals surface area contributed by atoms with Gasteiger partial charge in [-0.2, -0.15) is 0 Å². The number of hydrogen-bond acceptors (Lipinski definition) is 4. The molecule has 0 saturated heterocycles. The van der Waals surface area contributed by atoms with Crippen LogP contribution in [0.5, 0.6) is 11.5 Å². The Morgan fingerprint density at radius 1 is 1.24 bits per heavy atom. The van der Waals surface area contributed by atoms with E-state index in [1.54, 1.807) is 18.2 Å². The minimum atomic E-state index is -4.65. The lowest BCUT2D eigenvalue weighted by molar-refractivity contribution is -0.325. The van der Waals surface area contributed by atoms with Crippen molar-refractivity contribution < 1.29 is 27.4 Å². The zero-order valence-corrected chi connectivity index (χ0v) is 12.1. The smallest absolute Gasteiger partial charge is 0.497 e. The first kappa shape index (κ1) is 17.6. The molecule has 2 N–H and O–H groups in total. The standard InChI is InChI=1S/C14H20F3NO3/c1-3-11(18)8-10-4-5-12(19-2)9-13(10)20-6-7-21-14(15,16)17/h4-5,9,11H,3,6-8,18H2,1-2H3. The molecule has 1 unspecified atom stereocenters. The average Bonchev–Trinajstić information content (AvgIpc) is 2.43. The van der Waals surface area contributed by atoms with Gasteiger partial charge in [0.1, 0.15) is 18.1 Å². The van der Waals surface area contributed by atoms with Gasteiger partial charge in [-0.05, 0) is 24.5 Å². The third-order valence-corrected chi connectivity index (χ3v) is 2.89. The quantitative estimate of drug-likeness (QED) is 0.750. The topological polar surface area (TPSA) is 53.7 Å². The van der Waals surface area contributed by atoms with Crippen molar-refractivity contribution in [3.05, 3.63) is 23.8 Å². The Morgan fingerprint density at radius 2 is 1.95 bits per heavy atom. The summed E-state index contributed by atoms with van der Waals surface area (Å²) in [5.74, 6) is 1.03. The van der Waals surface area contributed by atoms with Gasteiger partial charge in [0.05, 0.1) is 13.7 Å². The van der Waals surface area contributed by atoms with Gasteiger partial charge < -0.3 is 15.2 Å². The number of rotatable bonds is 8. The van der Waals surface area contributed by atoms with E-state index in [4.69, 9.17) is 15.2 Å². The minimum Gasteiger partial charge on any atom is -0.497 e. The number of halogens is 3. The molecule has 7 heteroatoms. The number of ether oxygens (including phenoxy) is 3. The molecule has 0 aliphatic rings. The van der Waals surface area contributed by atoms with E-state index in [1.807, 2.05) is 6.92 Å². The molecule has 0 bridgehead atoms. The lowest BCUT2D eigenvalue weighted by Crippen LogP contribution is -2.22. The SMILES string of the molecule is CCC(N)Cc1ccc(OC)cc1OCCOC(F)(F)F. The third kappa shape index (κ3) is 6.68. The van der Waals surface area contributed by atoms with Crippen molar-refractivity contribution in [3.63, 3.8) is 0 Å². The fraction of sp³-hybridized carbons (Fsp3) is 0.571. The largest absolute Gasteiger partial charge is 0.522 e. The maximum atomic E-state index is 11.9. The van der Waals surface area contributed by atoms with Crippen LogP contribution >= 0.6 is 0 Å². The number of hydrogen-bond donors (Lipinski definition) is 1. The van der Waals surface area contributed by atoms with Crippen molar-refractivity contribution in [2.24, 2.45) is 5.73 Å². The van der Waals surface area contributed by atoms with Crippen molar-refractivity contribution in [1.82, 2.24) is 0 Å². The summed E-state index contributed by atoms with van der Waals surface area (Å²) in [6, 6.07) is 5.16. The second-order valence-corrected chi connectivity index (χ2v) is 4.49. The van der Waals surface area contributed by atoms with E-state index < -0.39 is 13.0 Å². The van der Waals surface area contributed by atoms with Crippen LogP contribution in [0.3, 0.4) is 0 Å². The number of benzene rings is 1. The first-order valence-corrected chi connectivity index (χ1v) is 6.61. The second kappa shape index (κ2) is 8.09. The molecule has 0 heterocycles. The van der Waals surface area contributed by atoms with Gasteiger partial charge in [0.2, 0.25) is 0 Å². The van der Waals surface area contributed by atoms with Gasteiger partial charge in [0, 0.05) is 12.1 Å². The maximum Gasteiger partial charge on any atom is 0.522 e. The van der Waals surface area contributed by atoms with E-state index in [0.717, 1.165) is 12.0 Å². The fourth-order valence-electron chi connectivity index (χ4n) is 1.70. The number of nitrogens with two attached hydrogens (primary N) is 1. The van der Waals surface area contributed by atoms with Crippen LogP contribution in [0.4, 0.5) is 13.2 Å². The van der Waals surface area contributed by atoms with Gasteiger partial charge in [-0.1, -0.05) is 13.0 Å². The van der Waals surface area contributed by atoms with Gasteiger partial charge >= 0.3 is 6.36 Å². The molecule has 1 atom stereocenters. The van der Waals surface area contributed by atoms with Crippen LogP contribution in [0, 0.1) is 0 Å². The Hall–Kier alpha value is -1.47. The monoisotopic (exact) mass is 307 g/mol. The molecule has 0 saturated carbocycles. The summed E-state index contributed by atoms with van der Waals surface area (Å²) in [5.41, 5.74) is 6.73. The van der Waals surface area contributed by atoms with E-state index in [0.29, 0.717) is 17.9 Å². The predicted molar refractivity (Wildman–Crippen MR) is 72.5 cm³/mol. The third-order valence-electron chi connectivity index (χ3n) is 2.89. The van der Waals surface area contributed by atoms with E-state index in [9.17, 15) is 13.2 Å². The summed E-state index contributed by atoms with van der Waals surface area (Å²) in [4.78, 5) is 0. The summed E-state index contributed by atoms with van der Waals surface area (Å²) >= 11 is 0. The molecule has 0 fully saturated rings. The van der Waals surface area contributed by atoms with Crippen LogP contribution < -0.4 is 15.2 Å². The molecule has 0 aromatic heterocycles. The molecule has 1 aromatic rings. The Kier molecular flexibility index (Phi) is 6.77. The van der Waals surface area contributed by atoms with Crippen LogP contribution in [-0.4, -0.2) is 32.7 Å². The van der Waals surface area contributed by atoms with Crippen LogP contribution in [0.1, 0.15) is 18.9 Å². The summed E-state index contributed by atoms with van der Waals surface area (Å²) in [5, 5.41) is 0. The first-order valence-electron chi connectivity index (χ1n) is 6.61. The van der Waals surface area contributed by atoms with Gasteiger partial charge in [-0.25, -0.2) is 0 Å². The minimum absolute atomic E-state index is 0.0350. The Bertz CT molecular complexity index is 438. The highest BCUT2D eigenvalue weighted by atomic mass is 19.4. The molecular formula is C14H20F3NO3. The number of alkyl halides is 3. The van der Waals surface area contributed by atoms with Gasteiger partial charge in [-0.3, -0.25) is 4.74 Å². The summed E-state index contributed by atoms with van der Waals surface area (Å²) < 4.78 is 49.8. The molecule has 0 aliphatic heterocycles. The van der Waals surface area contributed by atoms with Gasteiger partial charge in [0.25, 0.3) is 0 Å². The molecule has 1 aromatic carbocycles. The van der Waals surface area contributed by atoms with Crippen LogP contribution in [-0.2, 0) is 11.2 Å². The molecule has 0 spiro atoms. The Labute approximate surface area is 122 Å². The highest BCUT2D eigenvalue weighted by molar-refractivity contribution is 5.41. The van der Waals surface area contributed by atoms with Gasteiger partial charge in [-0.15, -0.1) is 13.2 Å². The molecule has 0 aliphatic carbocycles. The number of methoxy groups -OCH3 is 1. The molecule has 0 amide bonds. The first-order chi connectivity index (χ1) is 9.85. The van der Waals surface area contributed by atoms with Crippen LogP contribution in [0.15, 0.2) is 18.2 Å². The fourth-order valence-corrected chi connectivity index (χ4v) is 1.70. The normalized spacial score (nSPS) is 13.0. The van der Waals surface area contributed by atoms with E-state index in [1.165, 1.54) is 7.11 Å². The average molecular weight is 307 g/mol. The molecule has 120 valence electrons. The maximum absolute atomic E-state index is 11.9. The van der Waals surface area contributed by atoms with Gasteiger partial charge in [0.15, 0.2) is 0 Å². The van der Waals surface area contributed by atoms with E-state index in [-0.39, 0.29) is 12.6 Å². The summed E-state index contributed by atoms with van der Waals surface area (Å²) in [6.07, 6.45) is -3.27. The second-order valence-electron chi connectivity index (χ2n) is 4.49. The van der Waals surface area contributed by atoms with Crippen molar-refractivity contribution in [3.8, 4) is 11.5 Å². The summed E-state index contributed by atoms with van der Waals surface area (Å²) in [7, 11) is 1.50. The van der Waals surface area contributed by atoms with Crippen LogP contribution in [0.2, 0.25) is 0 Å². The highest BCUT2D eigenvalue weighted by Crippen LogP contribution is 2.26. The zero-order valence-electron chi connectivity index (χ0n) is 12.1. The van der Waals surface area contributed by atoms with Crippen molar-refractivity contribution in [2.75, 3.05) is 20.3 Å². The lowest BCUT2D eigenvalue weighted by atomic mass is 10.0. The van der Waals surface area contributed by atoms with Crippen molar-refractivity contribution in [2.45, 2.75) is 32.2 Å². The molecular weight excluding hydrogens is 287 g/mol.